The predicted molar refractivity (Wildman–Crippen MR) is 127 cm³/mol. The van der Waals surface area contributed by atoms with E-state index < -0.39 is 0 Å². The van der Waals surface area contributed by atoms with Crippen LogP contribution in [0.5, 0.6) is 0 Å². The van der Waals surface area contributed by atoms with Crippen molar-refractivity contribution in [2.24, 2.45) is 5.92 Å². The number of hydrogen-bond acceptors (Lipinski definition) is 3. The molecule has 2 saturated heterocycles. The zero-order valence-electron chi connectivity index (χ0n) is 19.3. The molecule has 2 aliphatic heterocycles. The first-order valence-corrected chi connectivity index (χ1v) is 13.1. The molecule has 0 N–H and O–H groups in total. The fraction of sp³-hybridized carbons (Fsp3) is 0.741. The van der Waals surface area contributed by atoms with Crippen LogP contribution in [0.1, 0.15) is 83.5 Å². The quantitative estimate of drug-likeness (QED) is 0.646. The van der Waals surface area contributed by atoms with Crippen LogP contribution < -0.4 is 4.90 Å². The van der Waals surface area contributed by atoms with Gasteiger partial charge in [-0.05, 0) is 56.6 Å². The second-order valence-electron chi connectivity index (χ2n) is 10.6. The van der Waals surface area contributed by atoms with E-state index in [1.54, 1.807) is 0 Å². The summed E-state index contributed by atoms with van der Waals surface area (Å²) in [5, 5.41) is 0. The molecule has 0 atom stereocenters. The average molecular weight is 424 g/mol. The molecule has 0 radical (unpaired) electrons. The van der Waals surface area contributed by atoms with Gasteiger partial charge in [-0.15, -0.1) is 0 Å². The molecule has 2 heterocycles. The Bertz CT molecular complexity index is 713. The molecule has 170 valence electrons. The summed E-state index contributed by atoms with van der Waals surface area (Å²) in [6.45, 7) is 3.91. The Hall–Kier alpha value is -1.55. The van der Waals surface area contributed by atoms with E-state index in [1.807, 2.05) is 0 Å². The van der Waals surface area contributed by atoms with E-state index in [9.17, 15) is 4.79 Å². The summed E-state index contributed by atoms with van der Waals surface area (Å²) < 4.78 is 0. The minimum atomic E-state index is -0.317. The molecule has 0 unspecified atom stereocenters. The van der Waals surface area contributed by atoms with E-state index >= 15 is 0 Å². The number of hydrogen-bond donors (Lipinski definition) is 0. The van der Waals surface area contributed by atoms with Crippen molar-refractivity contribution < 1.29 is 4.79 Å². The topological polar surface area (TPSA) is 26.8 Å². The Morgan fingerprint density at radius 2 is 1.42 bits per heavy atom. The van der Waals surface area contributed by atoms with Crippen molar-refractivity contribution >= 4 is 11.6 Å². The summed E-state index contributed by atoms with van der Waals surface area (Å²) in [7, 11) is 0. The highest BCUT2D eigenvalue weighted by atomic mass is 16.2. The molecule has 1 aromatic carbocycles. The molecule has 4 aliphatic rings. The Morgan fingerprint density at radius 1 is 0.806 bits per heavy atom. The molecular formula is C27H41N3O. The van der Waals surface area contributed by atoms with Gasteiger partial charge in [0.1, 0.15) is 5.54 Å². The van der Waals surface area contributed by atoms with E-state index in [0.717, 1.165) is 51.1 Å². The number of carbonyl (C=O) groups excluding carboxylic acids is 1. The first-order chi connectivity index (χ1) is 15.3. The van der Waals surface area contributed by atoms with Gasteiger partial charge in [0.2, 0.25) is 5.91 Å². The Balaban J connectivity index is 1.30. The molecule has 0 bridgehead atoms. The lowest BCUT2D eigenvalue weighted by Crippen LogP contribution is -2.58. The van der Waals surface area contributed by atoms with Crippen molar-refractivity contribution in [2.75, 3.05) is 31.2 Å². The number of rotatable bonds is 4. The third kappa shape index (κ3) is 4.65. The van der Waals surface area contributed by atoms with Crippen LogP contribution in [0, 0.1) is 5.92 Å². The smallest absolute Gasteiger partial charge is 0.250 e. The van der Waals surface area contributed by atoms with Crippen LogP contribution in [0.2, 0.25) is 0 Å². The molecule has 4 heteroatoms. The normalized spacial score (nSPS) is 26.5. The lowest BCUT2D eigenvalue weighted by Gasteiger charge is -2.45. The number of carbonyl (C=O) groups is 1. The van der Waals surface area contributed by atoms with Gasteiger partial charge in [-0.1, -0.05) is 63.1 Å². The van der Waals surface area contributed by atoms with E-state index in [0.29, 0.717) is 5.91 Å². The summed E-state index contributed by atoms with van der Waals surface area (Å²) >= 11 is 0. The second kappa shape index (κ2) is 9.52. The van der Waals surface area contributed by atoms with Crippen molar-refractivity contribution in [3.05, 3.63) is 30.3 Å². The lowest BCUT2D eigenvalue weighted by molar-refractivity contribution is -0.134. The van der Waals surface area contributed by atoms with Crippen molar-refractivity contribution in [1.29, 1.82) is 0 Å². The van der Waals surface area contributed by atoms with Crippen molar-refractivity contribution in [1.82, 2.24) is 9.80 Å². The van der Waals surface area contributed by atoms with Gasteiger partial charge in [0.05, 0.1) is 6.67 Å². The second-order valence-corrected chi connectivity index (χ2v) is 10.6. The van der Waals surface area contributed by atoms with Crippen LogP contribution in [0.25, 0.3) is 0 Å². The van der Waals surface area contributed by atoms with E-state index in [2.05, 4.69) is 45.0 Å². The highest BCUT2D eigenvalue weighted by molar-refractivity contribution is 5.93. The van der Waals surface area contributed by atoms with Crippen LogP contribution in [0.4, 0.5) is 5.69 Å². The number of amides is 1. The SMILES string of the molecule is O=C1N(CC2CC2)CN(c2ccccc2)C12CCN(C1CCCCCCCCC1)CC2. The maximum absolute atomic E-state index is 13.8. The van der Waals surface area contributed by atoms with Gasteiger partial charge in [0.15, 0.2) is 0 Å². The molecule has 31 heavy (non-hydrogen) atoms. The summed E-state index contributed by atoms with van der Waals surface area (Å²) in [4.78, 5) is 21.2. The van der Waals surface area contributed by atoms with Gasteiger partial charge < -0.3 is 14.7 Å². The third-order valence-corrected chi connectivity index (χ3v) is 8.47. The van der Waals surface area contributed by atoms with E-state index in [1.165, 1.54) is 76.3 Å². The summed E-state index contributed by atoms with van der Waals surface area (Å²) in [5.41, 5.74) is 0.907. The van der Waals surface area contributed by atoms with Gasteiger partial charge in [0.25, 0.3) is 0 Å². The number of anilines is 1. The zero-order chi connectivity index (χ0) is 21.1. The Labute approximate surface area is 189 Å². The third-order valence-electron chi connectivity index (χ3n) is 8.47. The zero-order valence-corrected chi connectivity index (χ0v) is 19.3. The fourth-order valence-corrected chi connectivity index (χ4v) is 6.37. The van der Waals surface area contributed by atoms with Gasteiger partial charge in [-0.3, -0.25) is 4.79 Å². The van der Waals surface area contributed by atoms with Gasteiger partial charge >= 0.3 is 0 Å². The van der Waals surface area contributed by atoms with Crippen LogP contribution in [-0.2, 0) is 4.79 Å². The lowest BCUT2D eigenvalue weighted by atomic mass is 9.84. The molecule has 1 amide bonds. The maximum Gasteiger partial charge on any atom is 0.250 e. The Kier molecular flexibility index (Phi) is 6.54. The van der Waals surface area contributed by atoms with Crippen molar-refractivity contribution in [3.8, 4) is 0 Å². The molecule has 5 rings (SSSR count). The van der Waals surface area contributed by atoms with Crippen LogP contribution in [-0.4, -0.2) is 53.6 Å². The minimum absolute atomic E-state index is 0.317. The number of para-hydroxylation sites is 1. The van der Waals surface area contributed by atoms with Gasteiger partial charge in [-0.2, -0.15) is 0 Å². The van der Waals surface area contributed by atoms with Crippen LogP contribution >= 0.6 is 0 Å². The summed E-state index contributed by atoms with van der Waals surface area (Å²) in [6.07, 6.45) is 17.2. The first kappa shape index (κ1) is 21.3. The number of likely N-dealkylation sites (tertiary alicyclic amines) is 1. The highest BCUT2D eigenvalue weighted by Gasteiger charge is 2.54. The number of benzene rings is 1. The molecule has 4 nitrogen and oxygen atoms in total. The molecule has 0 aromatic heterocycles. The van der Waals surface area contributed by atoms with Crippen molar-refractivity contribution in [3.63, 3.8) is 0 Å². The molecule has 2 aliphatic carbocycles. The Morgan fingerprint density at radius 3 is 2.03 bits per heavy atom. The summed E-state index contributed by atoms with van der Waals surface area (Å²) in [6, 6.07) is 11.4. The standard InChI is InChI=1S/C27H41N3O/c31-26-27(30(25-13-9-6-10-14-25)22-29(26)21-23-15-16-23)17-19-28(20-18-27)24-11-7-4-2-1-3-5-8-12-24/h6,9-10,13-14,23-24H,1-5,7-8,11-12,15-22H2. The monoisotopic (exact) mass is 423 g/mol. The number of nitrogens with zero attached hydrogens (tertiary/aromatic N) is 3. The van der Waals surface area contributed by atoms with Gasteiger partial charge in [-0.25, -0.2) is 0 Å². The fourth-order valence-electron chi connectivity index (χ4n) is 6.37. The maximum atomic E-state index is 13.8. The average Bonchev–Trinajstić information content (AvgIpc) is 3.60. The summed E-state index contributed by atoms with van der Waals surface area (Å²) in [5.74, 6) is 1.16. The largest absolute Gasteiger partial charge is 0.339 e. The van der Waals surface area contributed by atoms with E-state index in [-0.39, 0.29) is 5.54 Å². The van der Waals surface area contributed by atoms with Crippen LogP contribution in [0.3, 0.4) is 0 Å². The molecule has 1 spiro atoms. The molecular weight excluding hydrogens is 382 g/mol. The van der Waals surface area contributed by atoms with Crippen LogP contribution in [0.15, 0.2) is 30.3 Å². The first-order valence-electron chi connectivity index (χ1n) is 13.1. The van der Waals surface area contributed by atoms with E-state index in [4.69, 9.17) is 0 Å². The molecule has 1 aromatic rings. The van der Waals surface area contributed by atoms with Crippen molar-refractivity contribution in [2.45, 2.75) is 95.1 Å². The predicted octanol–water partition coefficient (Wildman–Crippen LogP) is 5.43. The molecule has 4 fully saturated rings. The minimum Gasteiger partial charge on any atom is -0.339 e. The highest BCUT2D eigenvalue weighted by Crippen LogP contribution is 2.42. The molecule has 2 saturated carbocycles. The number of piperidine rings is 1. The van der Waals surface area contributed by atoms with Gasteiger partial charge in [0, 0.05) is 31.4 Å².